The van der Waals surface area contributed by atoms with Gasteiger partial charge in [0.25, 0.3) is 0 Å². The van der Waals surface area contributed by atoms with Crippen LogP contribution in [-0.4, -0.2) is 11.9 Å². The summed E-state index contributed by atoms with van der Waals surface area (Å²) in [6.45, 7) is 6.94. The van der Waals surface area contributed by atoms with E-state index in [4.69, 9.17) is 0 Å². The zero-order valence-electron chi connectivity index (χ0n) is 14.6. The molecule has 0 fully saturated rings. The molecule has 0 aliphatic heterocycles. The molecule has 0 radical (unpaired) electrons. The molecule has 0 spiro atoms. The van der Waals surface area contributed by atoms with Crippen LogP contribution in [-0.2, 0) is 9.59 Å². The van der Waals surface area contributed by atoms with Gasteiger partial charge < -0.3 is 19.8 Å². The monoisotopic (exact) mass is 348 g/mol. The van der Waals surface area contributed by atoms with Gasteiger partial charge in [-0.15, -0.1) is 0 Å². The van der Waals surface area contributed by atoms with Gasteiger partial charge in [0.2, 0.25) is 0 Å². The molecule has 0 rings (SSSR count). The molecular formula is C15H26K2O4. The van der Waals surface area contributed by atoms with Crippen molar-refractivity contribution in [3.8, 4) is 0 Å². The van der Waals surface area contributed by atoms with Crippen molar-refractivity contribution in [2.24, 2.45) is 10.8 Å². The van der Waals surface area contributed by atoms with Gasteiger partial charge in [-0.25, -0.2) is 0 Å². The van der Waals surface area contributed by atoms with Crippen molar-refractivity contribution in [3.05, 3.63) is 0 Å². The molecule has 4 nitrogen and oxygen atoms in total. The topological polar surface area (TPSA) is 80.3 Å². The fraction of sp³-hybridized carbons (Fsp3) is 0.867. The quantitative estimate of drug-likeness (QED) is 0.238. The molecule has 0 aromatic rings. The summed E-state index contributed by atoms with van der Waals surface area (Å²) in [5.41, 5.74) is -2.83. The number of carboxylic acid groups (broad SMARTS) is 2. The first kappa shape index (κ1) is 28.0. The molecule has 0 bridgehead atoms. The van der Waals surface area contributed by atoms with Gasteiger partial charge in [-0.05, 0) is 11.8 Å². The third kappa shape index (κ3) is 8.75. The third-order valence-electron chi connectivity index (χ3n) is 3.88. The minimum absolute atomic E-state index is 0. The fourth-order valence-electron chi connectivity index (χ4n) is 2.45. The summed E-state index contributed by atoms with van der Waals surface area (Å²) in [7, 11) is 0. The Balaban J connectivity index is -0.00000162. The van der Waals surface area contributed by atoms with E-state index in [0.717, 1.165) is 32.1 Å². The van der Waals surface area contributed by atoms with Crippen molar-refractivity contribution < 1.29 is 123 Å². The molecule has 6 heteroatoms. The molecule has 0 saturated heterocycles. The molecule has 0 aliphatic rings. The number of hydrogen-bond acceptors (Lipinski definition) is 4. The van der Waals surface area contributed by atoms with E-state index in [1.165, 1.54) is 0 Å². The van der Waals surface area contributed by atoms with Crippen LogP contribution in [0, 0.1) is 10.8 Å². The first-order chi connectivity index (χ1) is 8.70. The molecule has 0 aliphatic carbocycles. The summed E-state index contributed by atoms with van der Waals surface area (Å²) in [6.07, 6.45) is 5.91. The van der Waals surface area contributed by atoms with Crippen molar-refractivity contribution >= 4 is 11.9 Å². The van der Waals surface area contributed by atoms with Crippen LogP contribution in [0.25, 0.3) is 0 Å². The van der Waals surface area contributed by atoms with Crippen LogP contribution in [0.4, 0.5) is 0 Å². The van der Waals surface area contributed by atoms with E-state index >= 15 is 0 Å². The van der Waals surface area contributed by atoms with Crippen LogP contribution < -0.4 is 113 Å². The maximum absolute atomic E-state index is 11.3. The predicted octanol–water partition coefficient (Wildman–Crippen LogP) is -4.72. The molecule has 0 unspecified atom stereocenters. The summed E-state index contributed by atoms with van der Waals surface area (Å²) < 4.78 is 0. The van der Waals surface area contributed by atoms with Gasteiger partial charge in [0.05, 0.1) is 17.4 Å². The first-order valence-electron chi connectivity index (χ1n) is 7.13. The van der Waals surface area contributed by atoms with Crippen LogP contribution in [0.1, 0.15) is 72.6 Å². The molecule has 0 aromatic heterocycles. The molecule has 21 heavy (non-hydrogen) atoms. The van der Waals surface area contributed by atoms with Crippen LogP contribution in [0.15, 0.2) is 0 Å². The number of carbonyl (C=O) groups excluding carboxylic acids is 2. The Morgan fingerprint density at radius 2 is 1.19 bits per heavy atom. The number of aliphatic carboxylic acids is 2. The summed E-state index contributed by atoms with van der Waals surface area (Å²) in [5, 5.41) is 22.7. The molecule has 0 aromatic carbocycles. The molecule has 112 valence electrons. The van der Waals surface area contributed by atoms with Crippen molar-refractivity contribution in [1.29, 1.82) is 0 Å². The van der Waals surface area contributed by atoms with E-state index in [2.05, 4.69) is 6.92 Å². The van der Waals surface area contributed by atoms with Gasteiger partial charge in [0, 0.05) is 0 Å². The zero-order valence-corrected chi connectivity index (χ0v) is 20.8. The van der Waals surface area contributed by atoms with E-state index in [-0.39, 0.29) is 109 Å². The molecule has 0 atom stereocenters. The Bertz CT molecular complexity index is 297. The summed E-state index contributed by atoms with van der Waals surface area (Å²) in [5.74, 6) is -3.07. The number of hydrogen-bond donors (Lipinski definition) is 0. The van der Waals surface area contributed by atoms with Crippen molar-refractivity contribution in [1.82, 2.24) is 0 Å². The van der Waals surface area contributed by atoms with Gasteiger partial charge in [0.1, 0.15) is 0 Å². The number of carboxylic acids is 2. The molecule has 0 heterocycles. The van der Waals surface area contributed by atoms with Gasteiger partial charge in [-0.2, -0.15) is 0 Å². The largest absolute Gasteiger partial charge is 1.00 e. The Kier molecular flexibility index (Phi) is 18.0. The van der Waals surface area contributed by atoms with E-state index in [1.807, 2.05) is 0 Å². The van der Waals surface area contributed by atoms with Crippen molar-refractivity contribution in [2.75, 3.05) is 0 Å². The third-order valence-corrected chi connectivity index (χ3v) is 3.88. The standard InChI is InChI=1S/C15H28O4.2K/c1-5-6-7-8-9-10-11-15(12(16)17,13(18)19)14(2,3)4;;/h5-11H2,1-4H3,(H,16,17)(H,18,19);;/q;2*+1/p-2. The van der Waals surface area contributed by atoms with E-state index in [0.29, 0.717) is 6.42 Å². The number of unbranched alkanes of at least 4 members (excludes halogenated alkanes) is 5. The van der Waals surface area contributed by atoms with Crippen LogP contribution >= 0.6 is 0 Å². The minimum Gasteiger partial charge on any atom is -0.549 e. The molecule has 0 saturated carbocycles. The average Bonchev–Trinajstić information content (AvgIpc) is 2.25. The maximum atomic E-state index is 11.3. The van der Waals surface area contributed by atoms with Gasteiger partial charge in [-0.1, -0.05) is 66.2 Å². The minimum atomic E-state index is -1.91. The smallest absolute Gasteiger partial charge is 0.549 e. The second-order valence-electron chi connectivity index (χ2n) is 6.25. The number of rotatable bonds is 9. The second-order valence-corrected chi connectivity index (χ2v) is 6.25. The zero-order chi connectivity index (χ0) is 15.1. The predicted molar refractivity (Wildman–Crippen MR) is 69.9 cm³/mol. The molecular weight excluding hydrogens is 322 g/mol. The Morgan fingerprint density at radius 1 is 0.810 bits per heavy atom. The maximum Gasteiger partial charge on any atom is 1.00 e. The number of carbonyl (C=O) groups is 2. The Morgan fingerprint density at radius 3 is 1.52 bits per heavy atom. The van der Waals surface area contributed by atoms with Gasteiger partial charge >= 0.3 is 103 Å². The summed E-state index contributed by atoms with van der Waals surface area (Å²) >= 11 is 0. The average molecular weight is 349 g/mol. The molecule has 0 amide bonds. The Hall–Kier alpha value is 2.21. The van der Waals surface area contributed by atoms with Crippen LogP contribution in [0.2, 0.25) is 0 Å². The normalized spacial score (nSPS) is 11.2. The van der Waals surface area contributed by atoms with E-state index in [1.54, 1.807) is 20.8 Å². The molecule has 0 N–H and O–H groups in total. The van der Waals surface area contributed by atoms with E-state index < -0.39 is 22.8 Å². The van der Waals surface area contributed by atoms with Gasteiger partial charge in [0.15, 0.2) is 0 Å². The van der Waals surface area contributed by atoms with Crippen LogP contribution in [0.3, 0.4) is 0 Å². The summed E-state index contributed by atoms with van der Waals surface area (Å²) in [4.78, 5) is 22.7. The van der Waals surface area contributed by atoms with Gasteiger partial charge in [-0.3, -0.25) is 0 Å². The van der Waals surface area contributed by atoms with Crippen molar-refractivity contribution in [3.63, 3.8) is 0 Å². The fourth-order valence-corrected chi connectivity index (χ4v) is 2.45. The van der Waals surface area contributed by atoms with Crippen LogP contribution in [0.5, 0.6) is 0 Å². The summed E-state index contributed by atoms with van der Waals surface area (Å²) in [6, 6.07) is 0. The van der Waals surface area contributed by atoms with Crippen molar-refractivity contribution in [2.45, 2.75) is 72.6 Å². The second kappa shape index (κ2) is 13.5. The first-order valence-corrected chi connectivity index (χ1v) is 7.13. The Labute approximate surface area is 214 Å². The SMILES string of the molecule is CCCCCCCCC(C(=O)[O-])(C(=O)[O-])C(C)(C)C.[K+].[K+]. The van der Waals surface area contributed by atoms with E-state index in [9.17, 15) is 19.8 Å².